The Morgan fingerprint density at radius 3 is 2.31 bits per heavy atom. The highest BCUT2D eigenvalue weighted by Crippen LogP contribution is 2.24. The van der Waals surface area contributed by atoms with Crippen molar-refractivity contribution in [1.29, 1.82) is 0 Å². The molecule has 0 saturated carbocycles. The smallest absolute Gasteiger partial charge is 0.335 e. The number of barbiturate groups is 1. The van der Waals surface area contributed by atoms with Crippen molar-refractivity contribution >= 4 is 29.6 Å². The average molecular weight is 352 g/mol. The van der Waals surface area contributed by atoms with Crippen molar-refractivity contribution in [3.63, 3.8) is 0 Å². The zero-order valence-corrected chi connectivity index (χ0v) is 13.9. The number of rotatable bonds is 4. The van der Waals surface area contributed by atoms with Crippen LogP contribution in [0.5, 0.6) is 11.5 Å². The molecule has 2 N–H and O–H groups in total. The van der Waals surface area contributed by atoms with Crippen LogP contribution in [0.25, 0.3) is 6.08 Å². The summed E-state index contributed by atoms with van der Waals surface area (Å²) < 4.78 is 5.35. The molecule has 7 heteroatoms. The van der Waals surface area contributed by atoms with Crippen molar-refractivity contribution in [1.82, 2.24) is 5.32 Å². The van der Waals surface area contributed by atoms with Crippen LogP contribution in [-0.4, -0.2) is 29.6 Å². The number of nitrogens with one attached hydrogen (secondary N) is 1. The summed E-state index contributed by atoms with van der Waals surface area (Å²) in [6.07, 6.45) is 1.41. The van der Waals surface area contributed by atoms with Gasteiger partial charge >= 0.3 is 6.03 Å². The van der Waals surface area contributed by atoms with E-state index in [-0.39, 0.29) is 17.0 Å². The number of carbonyl (C=O) groups is 3. The molecule has 132 valence electrons. The normalized spacial score (nSPS) is 16.0. The molecule has 4 amide bonds. The Kier molecular flexibility index (Phi) is 4.70. The first-order valence-electron chi connectivity index (χ1n) is 7.93. The number of phenolic OH excluding ortho intramolecular Hbond substituents is 1. The lowest BCUT2D eigenvalue weighted by molar-refractivity contribution is -0.122. The summed E-state index contributed by atoms with van der Waals surface area (Å²) in [5.74, 6) is -0.822. The Morgan fingerprint density at radius 1 is 1.04 bits per heavy atom. The molecule has 0 bridgehead atoms. The predicted molar refractivity (Wildman–Crippen MR) is 94.7 cm³/mol. The van der Waals surface area contributed by atoms with Gasteiger partial charge in [-0.3, -0.25) is 14.9 Å². The molecule has 0 aliphatic carbocycles. The van der Waals surface area contributed by atoms with Crippen LogP contribution in [0.3, 0.4) is 0 Å². The van der Waals surface area contributed by atoms with Gasteiger partial charge in [-0.15, -0.1) is 0 Å². The predicted octanol–water partition coefficient (Wildman–Crippen LogP) is 2.46. The van der Waals surface area contributed by atoms with E-state index in [4.69, 9.17) is 4.74 Å². The molecule has 0 spiro atoms. The minimum atomic E-state index is -0.838. The maximum absolute atomic E-state index is 12.7. The van der Waals surface area contributed by atoms with E-state index in [0.29, 0.717) is 17.9 Å². The third-order valence-corrected chi connectivity index (χ3v) is 3.71. The van der Waals surface area contributed by atoms with E-state index in [0.717, 1.165) is 4.90 Å². The van der Waals surface area contributed by atoms with Gasteiger partial charge < -0.3 is 9.84 Å². The van der Waals surface area contributed by atoms with Crippen LogP contribution in [0.1, 0.15) is 12.5 Å². The van der Waals surface area contributed by atoms with Crippen molar-refractivity contribution in [2.24, 2.45) is 0 Å². The monoisotopic (exact) mass is 352 g/mol. The first-order valence-corrected chi connectivity index (χ1v) is 7.93. The van der Waals surface area contributed by atoms with Crippen molar-refractivity contribution in [2.75, 3.05) is 11.5 Å². The van der Waals surface area contributed by atoms with E-state index in [9.17, 15) is 19.5 Å². The number of imide groups is 2. The van der Waals surface area contributed by atoms with E-state index in [1.807, 2.05) is 6.92 Å². The Morgan fingerprint density at radius 2 is 1.69 bits per heavy atom. The largest absolute Gasteiger partial charge is 0.508 e. The van der Waals surface area contributed by atoms with Crippen LogP contribution in [0.2, 0.25) is 0 Å². The van der Waals surface area contributed by atoms with E-state index in [1.54, 1.807) is 24.3 Å². The molecule has 0 aromatic heterocycles. The quantitative estimate of drug-likeness (QED) is 0.651. The van der Waals surface area contributed by atoms with Gasteiger partial charge in [0.15, 0.2) is 0 Å². The Hall–Kier alpha value is -3.61. The zero-order chi connectivity index (χ0) is 18.7. The first-order chi connectivity index (χ1) is 12.5. The maximum Gasteiger partial charge on any atom is 0.335 e. The molecule has 7 nitrogen and oxygen atoms in total. The second kappa shape index (κ2) is 7.10. The molecule has 1 fully saturated rings. The van der Waals surface area contributed by atoms with Gasteiger partial charge in [0, 0.05) is 0 Å². The Bertz CT molecular complexity index is 885. The van der Waals surface area contributed by atoms with Gasteiger partial charge in [-0.2, -0.15) is 0 Å². The lowest BCUT2D eigenvalue weighted by atomic mass is 10.1. The summed E-state index contributed by atoms with van der Waals surface area (Å²) in [5.41, 5.74) is 0.698. The molecule has 1 aliphatic heterocycles. The standard InChI is InChI=1S/C19H16N2O5/c1-2-26-15-9-3-12(4-10-15)11-16-17(23)20-19(25)21(18(16)24)13-5-7-14(22)8-6-13/h3-11,22H,2H2,1H3,(H,20,23,25)/b16-11+. The number of nitrogens with zero attached hydrogens (tertiary/aromatic N) is 1. The summed E-state index contributed by atoms with van der Waals surface area (Å²) in [7, 11) is 0. The molecular weight excluding hydrogens is 336 g/mol. The number of ether oxygens (including phenoxy) is 1. The summed E-state index contributed by atoms with van der Waals surface area (Å²) >= 11 is 0. The lowest BCUT2D eigenvalue weighted by Crippen LogP contribution is -2.54. The van der Waals surface area contributed by atoms with Crippen molar-refractivity contribution < 1.29 is 24.2 Å². The number of anilines is 1. The molecule has 1 aliphatic rings. The molecule has 1 heterocycles. The topological polar surface area (TPSA) is 95.9 Å². The second-order valence-corrected chi connectivity index (χ2v) is 5.48. The van der Waals surface area contributed by atoms with Gasteiger partial charge in [-0.1, -0.05) is 12.1 Å². The number of hydrogen-bond acceptors (Lipinski definition) is 5. The number of hydrogen-bond donors (Lipinski definition) is 2. The molecule has 1 saturated heterocycles. The van der Waals surface area contributed by atoms with Crippen molar-refractivity contribution in [3.05, 3.63) is 59.7 Å². The Balaban J connectivity index is 1.93. The van der Waals surface area contributed by atoms with Gasteiger partial charge in [0.1, 0.15) is 17.1 Å². The SMILES string of the molecule is CCOc1ccc(/C=C2\C(=O)NC(=O)N(c3ccc(O)cc3)C2=O)cc1. The van der Waals surface area contributed by atoms with Gasteiger partial charge in [0.05, 0.1) is 12.3 Å². The van der Waals surface area contributed by atoms with Gasteiger partial charge in [-0.05, 0) is 55.0 Å². The highest BCUT2D eigenvalue weighted by molar-refractivity contribution is 6.39. The molecule has 0 unspecified atom stereocenters. The van der Waals surface area contributed by atoms with E-state index in [1.165, 1.54) is 30.3 Å². The molecular formula is C19H16N2O5. The lowest BCUT2D eigenvalue weighted by Gasteiger charge is -2.26. The van der Waals surface area contributed by atoms with Gasteiger partial charge in [0.2, 0.25) is 0 Å². The number of urea groups is 1. The molecule has 0 atom stereocenters. The fourth-order valence-electron chi connectivity index (χ4n) is 2.49. The highest BCUT2D eigenvalue weighted by atomic mass is 16.5. The Labute approximate surface area is 149 Å². The number of aromatic hydroxyl groups is 1. The summed E-state index contributed by atoms with van der Waals surface area (Å²) in [5, 5.41) is 11.5. The fraction of sp³-hybridized carbons (Fsp3) is 0.105. The zero-order valence-electron chi connectivity index (χ0n) is 13.9. The van der Waals surface area contributed by atoms with Crippen molar-refractivity contribution in [3.8, 4) is 11.5 Å². The van der Waals surface area contributed by atoms with Crippen molar-refractivity contribution in [2.45, 2.75) is 6.92 Å². The molecule has 0 radical (unpaired) electrons. The summed E-state index contributed by atoms with van der Waals surface area (Å²) in [4.78, 5) is 37.7. The number of amides is 4. The minimum absolute atomic E-state index is 0.000142. The number of benzene rings is 2. The second-order valence-electron chi connectivity index (χ2n) is 5.48. The van der Waals surface area contributed by atoms with E-state index < -0.39 is 17.8 Å². The fourth-order valence-corrected chi connectivity index (χ4v) is 2.49. The van der Waals surface area contributed by atoms with Crippen LogP contribution in [0, 0.1) is 0 Å². The maximum atomic E-state index is 12.7. The highest BCUT2D eigenvalue weighted by Gasteiger charge is 2.36. The van der Waals surface area contributed by atoms with Gasteiger partial charge in [0.25, 0.3) is 11.8 Å². The average Bonchev–Trinajstić information content (AvgIpc) is 2.62. The minimum Gasteiger partial charge on any atom is -0.508 e. The van der Waals surface area contributed by atoms with E-state index >= 15 is 0 Å². The molecule has 3 rings (SSSR count). The first kappa shape index (κ1) is 17.2. The van der Waals surface area contributed by atoms with Gasteiger partial charge in [-0.25, -0.2) is 9.69 Å². The number of carbonyl (C=O) groups excluding carboxylic acids is 3. The van der Waals surface area contributed by atoms with Crippen LogP contribution in [0.15, 0.2) is 54.1 Å². The third kappa shape index (κ3) is 3.41. The molecule has 2 aromatic carbocycles. The van der Waals surface area contributed by atoms with Crippen LogP contribution >= 0.6 is 0 Å². The number of phenols is 1. The summed E-state index contributed by atoms with van der Waals surface area (Å²) in [6, 6.07) is 11.6. The summed E-state index contributed by atoms with van der Waals surface area (Å²) in [6.45, 7) is 2.40. The van der Waals surface area contributed by atoms with Crippen LogP contribution < -0.4 is 15.0 Å². The molecule has 2 aromatic rings. The van der Waals surface area contributed by atoms with E-state index in [2.05, 4.69) is 5.32 Å². The third-order valence-electron chi connectivity index (χ3n) is 3.71. The van der Waals surface area contributed by atoms with Crippen LogP contribution in [-0.2, 0) is 9.59 Å². The molecule has 26 heavy (non-hydrogen) atoms. The van der Waals surface area contributed by atoms with Crippen LogP contribution in [0.4, 0.5) is 10.5 Å².